The summed E-state index contributed by atoms with van der Waals surface area (Å²) in [5, 5.41) is 4.97. The van der Waals surface area contributed by atoms with Crippen molar-refractivity contribution in [3.63, 3.8) is 0 Å². The zero-order chi connectivity index (χ0) is 18.6. The molecule has 1 amide bonds. The van der Waals surface area contributed by atoms with Crippen molar-refractivity contribution < 1.29 is 13.2 Å². The summed E-state index contributed by atoms with van der Waals surface area (Å²) in [7, 11) is -2.28. The van der Waals surface area contributed by atoms with E-state index >= 15 is 0 Å². The van der Waals surface area contributed by atoms with E-state index in [1.807, 2.05) is 42.5 Å². The number of nitrogens with zero attached hydrogens (tertiary/aromatic N) is 1. The normalized spacial score (nSPS) is 11.6. The molecule has 134 valence electrons. The summed E-state index contributed by atoms with van der Waals surface area (Å²) in [4.78, 5) is 12.4. The van der Waals surface area contributed by atoms with Crippen molar-refractivity contribution in [2.45, 2.75) is 11.4 Å². The number of amides is 1. The maximum absolute atomic E-state index is 12.5. The minimum atomic E-state index is -3.68. The standard InChI is InChI=1S/C20H20N2O3S/c1-22(26(24,25)18-11-3-2-4-12-18)15-20(23)21-14-17-10-7-9-16-8-5-6-13-19(16)17/h2-13H,14-15H2,1H3,(H,21,23). The number of carbonyl (C=O) groups is 1. The average Bonchev–Trinajstić information content (AvgIpc) is 2.67. The van der Waals surface area contributed by atoms with Crippen molar-refractivity contribution in [1.29, 1.82) is 0 Å². The van der Waals surface area contributed by atoms with Crippen LogP contribution >= 0.6 is 0 Å². The summed E-state index contributed by atoms with van der Waals surface area (Å²) in [5.41, 5.74) is 0.991. The molecule has 3 rings (SSSR count). The van der Waals surface area contributed by atoms with Gasteiger partial charge >= 0.3 is 0 Å². The van der Waals surface area contributed by atoms with E-state index in [4.69, 9.17) is 0 Å². The predicted molar refractivity (Wildman–Crippen MR) is 102 cm³/mol. The Morgan fingerprint density at radius 3 is 2.35 bits per heavy atom. The molecule has 0 atom stereocenters. The topological polar surface area (TPSA) is 66.5 Å². The third kappa shape index (κ3) is 3.92. The van der Waals surface area contributed by atoms with Crippen LogP contribution in [0.2, 0.25) is 0 Å². The molecule has 0 aromatic heterocycles. The first-order valence-electron chi connectivity index (χ1n) is 8.23. The van der Waals surface area contributed by atoms with Crippen molar-refractivity contribution >= 4 is 26.7 Å². The first-order chi connectivity index (χ1) is 12.5. The number of fused-ring (bicyclic) bond motifs is 1. The Labute approximate surface area is 153 Å². The number of benzene rings is 3. The van der Waals surface area contributed by atoms with Gasteiger partial charge < -0.3 is 5.32 Å². The molecule has 5 nitrogen and oxygen atoms in total. The van der Waals surface area contributed by atoms with Gasteiger partial charge in [0.2, 0.25) is 15.9 Å². The molecule has 0 heterocycles. The summed E-state index contributed by atoms with van der Waals surface area (Å²) in [6.07, 6.45) is 0. The van der Waals surface area contributed by atoms with Gasteiger partial charge in [-0.15, -0.1) is 0 Å². The molecule has 1 N–H and O–H groups in total. The fourth-order valence-corrected chi connectivity index (χ4v) is 3.90. The molecule has 0 spiro atoms. The molecule has 26 heavy (non-hydrogen) atoms. The summed E-state index contributed by atoms with van der Waals surface area (Å²) in [6, 6.07) is 21.9. The van der Waals surface area contributed by atoms with Gasteiger partial charge in [0.25, 0.3) is 0 Å². The third-order valence-electron chi connectivity index (χ3n) is 4.17. The van der Waals surface area contributed by atoms with E-state index in [0.717, 1.165) is 20.6 Å². The number of carbonyl (C=O) groups excluding carboxylic acids is 1. The summed E-state index contributed by atoms with van der Waals surface area (Å²) in [6.45, 7) is 0.113. The van der Waals surface area contributed by atoms with E-state index in [1.165, 1.54) is 19.2 Å². The quantitative estimate of drug-likeness (QED) is 0.728. The Balaban J connectivity index is 1.65. The lowest BCUT2D eigenvalue weighted by Gasteiger charge is -2.17. The van der Waals surface area contributed by atoms with Crippen LogP contribution < -0.4 is 5.32 Å². The highest BCUT2D eigenvalue weighted by Gasteiger charge is 2.22. The van der Waals surface area contributed by atoms with Crippen molar-refractivity contribution in [3.05, 3.63) is 78.4 Å². The zero-order valence-electron chi connectivity index (χ0n) is 14.4. The van der Waals surface area contributed by atoms with Gasteiger partial charge in [-0.2, -0.15) is 4.31 Å². The zero-order valence-corrected chi connectivity index (χ0v) is 15.2. The molecular weight excluding hydrogens is 348 g/mol. The second-order valence-corrected chi connectivity index (χ2v) is 8.03. The number of rotatable bonds is 6. The second-order valence-electron chi connectivity index (χ2n) is 5.99. The van der Waals surface area contributed by atoms with Crippen molar-refractivity contribution in [2.75, 3.05) is 13.6 Å². The van der Waals surface area contributed by atoms with Gasteiger partial charge in [0.15, 0.2) is 0 Å². The van der Waals surface area contributed by atoms with Gasteiger partial charge in [0.1, 0.15) is 0 Å². The highest BCUT2D eigenvalue weighted by molar-refractivity contribution is 7.89. The summed E-state index contributed by atoms with van der Waals surface area (Å²) >= 11 is 0. The monoisotopic (exact) mass is 368 g/mol. The number of likely N-dealkylation sites (N-methyl/N-ethyl adjacent to an activating group) is 1. The van der Waals surface area contributed by atoms with Gasteiger partial charge in [-0.25, -0.2) is 8.42 Å². The molecule has 0 aliphatic heterocycles. The first kappa shape index (κ1) is 18.1. The molecule has 0 bridgehead atoms. The Hall–Kier alpha value is -2.70. The predicted octanol–water partition coefficient (Wildman–Crippen LogP) is 2.78. The van der Waals surface area contributed by atoms with Crippen LogP contribution in [0.1, 0.15) is 5.56 Å². The van der Waals surface area contributed by atoms with E-state index in [9.17, 15) is 13.2 Å². The molecule has 0 aliphatic rings. The molecule has 3 aromatic carbocycles. The number of hydrogen-bond donors (Lipinski definition) is 1. The van der Waals surface area contributed by atoms with E-state index in [2.05, 4.69) is 5.32 Å². The summed E-state index contributed by atoms with van der Waals surface area (Å²) < 4.78 is 26.0. The number of sulfonamides is 1. The maximum Gasteiger partial charge on any atom is 0.243 e. The van der Waals surface area contributed by atoms with E-state index in [0.29, 0.717) is 6.54 Å². The van der Waals surface area contributed by atoms with Crippen molar-refractivity contribution in [3.8, 4) is 0 Å². The maximum atomic E-state index is 12.5. The molecule has 0 saturated heterocycles. The Morgan fingerprint density at radius 2 is 1.58 bits per heavy atom. The van der Waals surface area contributed by atoms with E-state index in [-0.39, 0.29) is 17.3 Å². The molecule has 0 unspecified atom stereocenters. The van der Waals surface area contributed by atoms with Crippen molar-refractivity contribution in [1.82, 2.24) is 9.62 Å². The highest BCUT2D eigenvalue weighted by Crippen LogP contribution is 2.18. The molecular formula is C20H20N2O3S. The average molecular weight is 368 g/mol. The van der Waals surface area contributed by atoms with Crippen LogP contribution in [0.25, 0.3) is 10.8 Å². The van der Waals surface area contributed by atoms with Crippen LogP contribution in [0, 0.1) is 0 Å². The van der Waals surface area contributed by atoms with Gasteiger partial charge in [0, 0.05) is 13.6 Å². The lowest BCUT2D eigenvalue weighted by molar-refractivity contribution is -0.121. The minimum Gasteiger partial charge on any atom is -0.351 e. The van der Waals surface area contributed by atoms with Crippen LogP contribution in [0.5, 0.6) is 0 Å². The van der Waals surface area contributed by atoms with Crippen LogP contribution in [0.15, 0.2) is 77.7 Å². The molecule has 0 fully saturated rings. The third-order valence-corrected chi connectivity index (χ3v) is 5.99. The highest BCUT2D eigenvalue weighted by atomic mass is 32.2. The van der Waals surface area contributed by atoms with E-state index in [1.54, 1.807) is 18.2 Å². The fourth-order valence-electron chi connectivity index (χ4n) is 2.76. The largest absolute Gasteiger partial charge is 0.351 e. The molecule has 6 heteroatoms. The molecule has 0 aliphatic carbocycles. The smallest absolute Gasteiger partial charge is 0.243 e. The minimum absolute atomic E-state index is 0.171. The van der Waals surface area contributed by atoms with Crippen LogP contribution in [0.4, 0.5) is 0 Å². The van der Waals surface area contributed by atoms with Gasteiger partial charge in [-0.05, 0) is 28.5 Å². The molecule has 0 radical (unpaired) electrons. The number of hydrogen-bond acceptors (Lipinski definition) is 3. The lowest BCUT2D eigenvalue weighted by Crippen LogP contribution is -2.38. The van der Waals surface area contributed by atoms with Gasteiger partial charge in [-0.1, -0.05) is 60.7 Å². The van der Waals surface area contributed by atoms with Crippen molar-refractivity contribution in [2.24, 2.45) is 0 Å². The molecule has 0 saturated carbocycles. The SMILES string of the molecule is CN(CC(=O)NCc1cccc2ccccc12)S(=O)(=O)c1ccccc1. The second kappa shape index (κ2) is 7.68. The lowest BCUT2D eigenvalue weighted by atomic mass is 10.0. The van der Waals surface area contributed by atoms with E-state index < -0.39 is 10.0 Å². The van der Waals surface area contributed by atoms with Crippen LogP contribution in [0.3, 0.4) is 0 Å². The van der Waals surface area contributed by atoms with Gasteiger partial charge in [0.05, 0.1) is 11.4 Å². The van der Waals surface area contributed by atoms with Crippen LogP contribution in [-0.4, -0.2) is 32.2 Å². The first-order valence-corrected chi connectivity index (χ1v) is 9.67. The fraction of sp³-hybridized carbons (Fsp3) is 0.150. The molecule has 3 aromatic rings. The Kier molecular flexibility index (Phi) is 5.35. The van der Waals surface area contributed by atoms with Gasteiger partial charge in [-0.3, -0.25) is 4.79 Å². The summed E-state index contributed by atoms with van der Waals surface area (Å²) in [5.74, 6) is -0.347. The Morgan fingerprint density at radius 1 is 0.923 bits per heavy atom. The van der Waals surface area contributed by atoms with Crippen LogP contribution in [-0.2, 0) is 21.4 Å². The Bertz CT molecular complexity index is 1010. The number of nitrogens with one attached hydrogen (secondary N) is 1.